The highest BCUT2D eigenvalue weighted by Crippen LogP contribution is 2.47. The van der Waals surface area contributed by atoms with Crippen LogP contribution in [0.1, 0.15) is 95.1 Å². The maximum absolute atomic E-state index is 14.0. The SMILES string of the molecule is CCCCCC(=O)N1c2ccccc2NC2=C(C(=O)CC(c3ccc(C(C)(C)C)cc3)C2)C1c1ccco1. The number of amides is 1. The quantitative estimate of drug-likeness (QED) is 0.341. The van der Waals surface area contributed by atoms with Gasteiger partial charge in [-0.2, -0.15) is 0 Å². The van der Waals surface area contributed by atoms with E-state index < -0.39 is 6.04 Å². The van der Waals surface area contributed by atoms with Crippen LogP contribution in [0, 0.1) is 0 Å². The summed E-state index contributed by atoms with van der Waals surface area (Å²) in [6.45, 7) is 8.76. The van der Waals surface area contributed by atoms with Crippen molar-refractivity contribution in [3.63, 3.8) is 0 Å². The Morgan fingerprint density at radius 2 is 1.76 bits per heavy atom. The molecule has 0 saturated heterocycles. The summed E-state index contributed by atoms with van der Waals surface area (Å²) in [5.74, 6) is 0.750. The molecule has 5 nitrogen and oxygen atoms in total. The first-order chi connectivity index (χ1) is 18.3. The molecule has 0 spiro atoms. The lowest BCUT2D eigenvalue weighted by molar-refractivity contribution is -0.119. The number of hydrogen-bond donors (Lipinski definition) is 1. The Morgan fingerprint density at radius 3 is 2.45 bits per heavy atom. The van der Waals surface area contributed by atoms with Crippen LogP contribution in [-0.4, -0.2) is 11.7 Å². The number of carbonyl (C=O) groups excluding carboxylic acids is 2. The molecule has 5 rings (SSSR count). The highest BCUT2D eigenvalue weighted by Gasteiger charge is 2.42. The second-order valence-electron chi connectivity index (χ2n) is 11.6. The summed E-state index contributed by atoms with van der Waals surface area (Å²) in [6, 6.07) is 19.7. The Balaban J connectivity index is 1.58. The summed E-state index contributed by atoms with van der Waals surface area (Å²) >= 11 is 0. The average molecular weight is 511 g/mol. The van der Waals surface area contributed by atoms with Gasteiger partial charge in [0.25, 0.3) is 0 Å². The van der Waals surface area contributed by atoms with Crippen molar-refractivity contribution in [2.24, 2.45) is 0 Å². The fourth-order valence-corrected chi connectivity index (χ4v) is 5.72. The van der Waals surface area contributed by atoms with Crippen molar-refractivity contribution < 1.29 is 14.0 Å². The Morgan fingerprint density at radius 1 is 1.00 bits per heavy atom. The van der Waals surface area contributed by atoms with Gasteiger partial charge in [-0.05, 0) is 59.6 Å². The molecule has 5 heteroatoms. The van der Waals surface area contributed by atoms with Crippen LogP contribution in [0.25, 0.3) is 0 Å². The monoisotopic (exact) mass is 510 g/mol. The van der Waals surface area contributed by atoms with Gasteiger partial charge in [0.15, 0.2) is 5.78 Å². The zero-order valence-corrected chi connectivity index (χ0v) is 22.9. The number of allylic oxidation sites excluding steroid dienone is 1. The van der Waals surface area contributed by atoms with E-state index in [1.807, 2.05) is 36.4 Å². The molecule has 1 amide bonds. The molecule has 198 valence electrons. The van der Waals surface area contributed by atoms with Crippen LogP contribution in [0.15, 0.2) is 82.6 Å². The lowest BCUT2D eigenvalue weighted by Crippen LogP contribution is -2.38. The molecule has 1 aliphatic carbocycles. The minimum atomic E-state index is -0.595. The van der Waals surface area contributed by atoms with E-state index in [1.165, 1.54) is 11.1 Å². The van der Waals surface area contributed by atoms with Crippen molar-refractivity contribution in [3.8, 4) is 0 Å². The smallest absolute Gasteiger partial charge is 0.228 e. The Hall–Kier alpha value is -3.60. The van der Waals surface area contributed by atoms with Gasteiger partial charge in [-0.25, -0.2) is 0 Å². The Bertz CT molecular complexity index is 1330. The molecule has 2 aliphatic rings. The maximum Gasteiger partial charge on any atom is 0.228 e. The van der Waals surface area contributed by atoms with E-state index in [0.29, 0.717) is 30.6 Å². The topological polar surface area (TPSA) is 62.6 Å². The predicted octanol–water partition coefficient (Wildman–Crippen LogP) is 8.06. The molecule has 0 radical (unpaired) electrons. The second-order valence-corrected chi connectivity index (χ2v) is 11.6. The molecule has 0 fully saturated rings. The highest BCUT2D eigenvalue weighted by atomic mass is 16.3. The van der Waals surface area contributed by atoms with Crippen molar-refractivity contribution in [2.75, 3.05) is 10.2 Å². The van der Waals surface area contributed by atoms with Crippen LogP contribution in [-0.2, 0) is 15.0 Å². The van der Waals surface area contributed by atoms with Gasteiger partial charge in [0.1, 0.15) is 11.8 Å². The number of para-hydroxylation sites is 2. The fourth-order valence-electron chi connectivity index (χ4n) is 5.72. The van der Waals surface area contributed by atoms with Gasteiger partial charge >= 0.3 is 0 Å². The number of benzene rings is 2. The number of unbranched alkanes of at least 4 members (excludes halogenated alkanes) is 2. The molecule has 1 aliphatic heterocycles. The molecule has 1 aromatic heterocycles. The first kappa shape index (κ1) is 26.0. The zero-order chi connectivity index (χ0) is 26.9. The number of anilines is 2. The van der Waals surface area contributed by atoms with E-state index in [2.05, 4.69) is 57.3 Å². The standard InChI is InChI=1S/C33H38N2O3/c1-5-6-7-14-30(37)35-27-12-9-8-11-25(27)34-26-20-23(22-15-17-24(18-16-22)33(2,3)4)21-28(36)31(26)32(35)29-13-10-19-38-29/h8-13,15-19,23,32,34H,5-7,14,20-21H2,1-4H3. The second kappa shape index (κ2) is 10.6. The Labute approximate surface area is 225 Å². The summed E-state index contributed by atoms with van der Waals surface area (Å²) in [5, 5.41) is 3.59. The van der Waals surface area contributed by atoms with Crippen molar-refractivity contribution in [1.29, 1.82) is 0 Å². The fraction of sp³-hybridized carbons (Fsp3) is 0.394. The molecule has 0 saturated carbocycles. The third-order valence-electron chi connectivity index (χ3n) is 7.81. The molecule has 2 heterocycles. The molecule has 0 bridgehead atoms. The summed E-state index contributed by atoms with van der Waals surface area (Å²) in [6.07, 6.45) is 6.00. The first-order valence-electron chi connectivity index (χ1n) is 13.9. The summed E-state index contributed by atoms with van der Waals surface area (Å²) in [7, 11) is 0. The van der Waals surface area contributed by atoms with Crippen molar-refractivity contribution in [1.82, 2.24) is 0 Å². The van der Waals surface area contributed by atoms with E-state index in [0.717, 1.165) is 36.3 Å². The molecule has 2 aromatic carbocycles. The number of nitrogens with zero attached hydrogens (tertiary/aromatic N) is 1. The molecule has 1 N–H and O–H groups in total. The lowest BCUT2D eigenvalue weighted by atomic mass is 9.78. The molecule has 2 unspecified atom stereocenters. The van der Waals surface area contributed by atoms with Gasteiger partial charge in [0.05, 0.1) is 17.6 Å². The summed E-state index contributed by atoms with van der Waals surface area (Å²) in [4.78, 5) is 29.6. The van der Waals surface area contributed by atoms with E-state index in [1.54, 1.807) is 11.2 Å². The van der Waals surface area contributed by atoms with Gasteiger partial charge in [0, 0.05) is 24.1 Å². The van der Waals surface area contributed by atoms with Crippen LogP contribution >= 0.6 is 0 Å². The Kier molecular flexibility index (Phi) is 7.29. The number of Topliss-reactive ketones (excluding diaryl/α,β-unsaturated/α-hetero) is 1. The van der Waals surface area contributed by atoms with Gasteiger partial charge in [-0.3, -0.25) is 14.5 Å². The third kappa shape index (κ3) is 5.07. The van der Waals surface area contributed by atoms with Crippen molar-refractivity contribution >= 4 is 23.1 Å². The molecule has 3 aromatic rings. The molecule has 38 heavy (non-hydrogen) atoms. The van der Waals surface area contributed by atoms with E-state index in [-0.39, 0.29) is 23.0 Å². The average Bonchev–Trinajstić information content (AvgIpc) is 3.38. The summed E-state index contributed by atoms with van der Waals surface area (Å²) < 4.78 is 5.90. The zero-order valence-electron chi connectivity index (χ0n) is 22.9. The predicted molar refractivity (Wildman–Crippen MR) is 152 cm³/mol. The van der Waals surface area contributed by atoms with Gasteiger partial charge in [0.2, 0.25) is 5.91 Å². The number of fused-ring (bicyclic) bond motifs is 1. The number of carbonyl (C=O) groups is 2. The molecule has 2 atom stereocenters. The van der Waals surface area contributed by atoms with Gasteiger partial charge in [-0.15, -0.1) is 0 Å². The van der Waals surface area contributed by atoms with Crippen LogP contribution in [0.2, 0.25) is 0 Å². The number of hydrogen-bond acceptors (Lipinski definition) is 4. The minimum absolute atomic E-state index is 0.00976. The van der Waals surface area contributed by atoms with Crippen LogP contribution < -0.4 is 10.2 Å². The first-order valence-corrected chi connectivity index (χ1v) is 13.9. The lowest BCUT2D eigenvalue weighted by Gasteiger charge is -2.34. The normalized spacial score (nSPS) is 19.5. The highest BCUT2D eigenvalue weighted by molar-refractivity contribution is 6.06. The van der Waals surface area contributed by atoms with Crippen LogP contribution in [0.3, 0.4) is 0 Å². The van der Waals surface area contributed by atoms with Crippen molar-refractivity contribution in [2.45, 2.75) is 83.6 Å². The minimum Gasteiger partial charge on any atom is -0.467 e. The van der Waals surface area contributed by atoms with Crippen LogP contribution in [0.4, 0.5) is 11.4 Å². The molecular formula is C33H38N2O3. The van der Waals surface area contributed by atoms with Gasteiger partial charge in [-0.1, -0.05) is 76.9 Å². The van der Waals surface area contributed by atoms with Crippen molar-refractivity contribution in [3.05, 3.63) is 95.1 Å². The largest absolute Gasteiger partial charge is 0.467 e. The molecular weight excluding hydrogens is 472 g/mol. The number of furan rings is 1. The summed E-state index contributed by atoms with van der Waals surface area (Å²) in [5.41, 5.74) is 5.66. The number of ketones is 1. The number of nitrogens with one attached hydrogen (secondary N) is 1. The van der Waals surface area contributed by atoms with E-state index >= 15 is 0 Å². The van der Waals surface area contributed by atoms with Gasteiger partial charge < -0.3 is 9.73 Å². The number of rotatable bonds is 6. The van der Waals surface area contributed by atoms with Crippen LogP contribution in [0.5, 0.6) is 0 Å². The third-order valence-corrected chi connectivity index (χ3v) is 7.81. The maximum atomic E-state index is 14.0. The van der Waals surface area contributed by atoms with E-state index in [9.17, 15) is 9.59 Å². The van der Waals surface area contributed by atoms with E-state index in [4.69, 9.17) is 4.42 Å².